The van der Waals surface area contributed by atoms with Crippen LogP contribution in [0.5, 0.6) is 0 Å². The third kappa shape index (κ3) is 7.07. The number of carbonyl (C=O) groups is 4. The highest BCUT2D eigenvalue weighted by molar-refractivity contribution is 9.10. The highest BCUT2D eigenvalue weighted by atomic mass is 79.9. The molecule has 3 aliphatic carbocycles. The molecular formula is C31H40BrN3O9S. The van der Waals surface area contributed by atoms with Crippen molar-refractivity contribution >= 4 is 49.9 Å². The molecule has 0 aromatic heterocycles. The summed E-state index contributed by atoms with van der Waals surface area (Å²) in [4.78, 5) is 54.8. The lowest BCUT2D eigenvalue weighted by Gasteiger charge is -2.35. The van der Waals surface area contributed by atoms with Crippen molar-refractivity contribution in [3.8, 4) is 0 Å². The summed E-state index contributed by atoms with van der Waals surface area (Å²) in [5.41, 5.74) is -2.15. The van der Waals surface area contributed by atoms with Crippen LogP contribution >= 0.6 is 15.9 Å². The third-order valence-electron chi connectivity index (χ3n) is 9.26. The Hall–Kier alpha value is -2.97. The molecule has 246 valence electrons. The Morgan fingerprint density at radius 2 is 1.71 bits per heavy atom. The summed E-state index contributed by atoms with van der Waals surface area (Å²) in [5.74, 6) is -1.11. The van der Waals surface area contributed by atoms with Crippen molar-refractivity contribution in [3.63, 3.8) is 0 Å². The van der Waals surface area contributed by atoms with Crippen molar-refractivity contribution in [1.82, 2.24) is 15.5 Å². The van der Waals surface area contributed by atoms with Crippen LogP contribution in [0.25, 0.3) is 0 Å². The summed E-state index contributed by atoms with van der Waals surface area (Å²) in [5, 5.41) is 5.45. The summed E-state index contributed by atoms with van der Waals surface area (Å²) >= 11 is 3.27. The number of fused-ring (bicyclic) bond motifs is 1. The first-order valence-corrected chi connectivity index (χ1v) is 17.3. The van der Waals surface area contributed by atoms with E-state index in [9.17, 15) is 27.6 Å². The van der Waals surface area contributed by atoms with E-state index in [4.69, 9.17) is 13.7 Å². The van der Waals surface area contributed by atoms with E-state index in [-0.39, 0.29) is 36.3 Å². The Bertz CT molecular complexity index is 1470. The Morgan fingerprint density at radius 3 is 2.27 bits per heavy atom. The number of alkyl carbamates (subject to hydrolysis) is 1. The van der Waals surface area contributed by atoms with Gasteiger partial charge < -0.3 is 25.0 Å². The molecule has 2 N–H and O–H groups in total. The number of hydrogen-bond donors (Lipinski definition) is 2. The number of nitrogens with zero attached hydrogens (tertiary/aromatic N) is 1. The lowest BCUT2D eigenvalue weighted by molar-refractivity contribution is -0.148. The van der Waals surface area contributed by atoms with Crippen molar-refractivity contribution in [2.75, 3.05) is 13.7 Å². The first-order valence-electron chi connectivity index (χ1n) is 15.1. The Kier molecular flexibility index (Phi) is 9.15. The molecule has 0 spiro atoms. The van der Waals surface area contributed by atoms with Crippen molar-refractivity contribution in [3.05, 3.63) is 41.4 Å². The van der Waals surface area contributed by atoms with E-state index >= 15 is 0 Å². The molecule has 12 nitrogen and oxygen atoms in total. The van der Waals surface area contributed by atoms with E-state index in [2.05, 4.69) is 33.1 Å². The van der Waals surface area contributed by atoms with Crippen LogP contribution in [-0.4, -0.2) is 80.7 Å². The molecule has 1 saturated heterocycles. The maximum atomic E-state index is 14.2. The van der Waals surface area contributed by atoms with Crippen molar-refractivity contribution in [1.29, 1.82) is 0 Å². The van der Waals surface area contributed by atoms with Crippen LogP contribution in [0.1, 0.15) is 52.9 Å². The number of methoxy groups -OCH3 is 1. The lowest BCUT2D eigenvalue weighted by Crippen LogP contribution is -2.59. The first kappa shape index (κ1) is 33.4. The number of halogens is 1. The molecule has 3 saturated carbocycles. The largest absolute Gasteiger partial charge is 0.467 e. The van der Waals surface area contributed by atoms with Crippen LogP contribution in [0.4, 0.5) is 4.79 Å². The quantitative estimate of drug-likeness (QED) is 0.211. The van der Waals surface area contributed by atoms with Gasteiger partial charge in [0.2, 0.25) is 11.8 Å². The lowest BCUT2D eigenvalue weighted by atomic mass is 9.85. The summed E-state index contributed by atoms with van der Waals surface area (Å²) < 4.78 is 43.1. The summed E-state index contributed by atoms with van der Waals surface area (Å²) in [6, 6.07) is 3.55. The molecule has 5 rings (SSSR count). The molecule has 45 heavy (non-hydrogen) atoms. The number of hydrogen-bond acceptors (Lipinski definition) is 9. The van der Waals surface area contributed by atoms with Crippen LogP contribution in [0.3, 0.4) is 0 Å². The average molecular weight is 711 g/mol. The van der Waals surface area contributed by atoms with Gasteiger partial charge in [-0.2, -0.15) is 8.42 Å². The maximum Gasteiger partial charge on any atom is 0.408 e. The normalized spacial score (nSPS) is 30.9. The van der Waals surface area contributed by atoms with Crippen molar-refractivity contribution in [2.24, 2.45) is 23.2 Å². The molecule has 8 atom stereocenters. The zero-order chi connectivity index (χ0) is 32.9. The van der Waals surface area contributed by atoms with Gasteiger partial charge in [-0.1, -0.05) is 42.8 Å². The number of nitrogens with one attached hydrogen (secondary N) is 2. The van der Waals surface area contributed by atoms with Crippen molar-refractivity contribution < 1.29 is 41.3 Å². The van der Waals surface area contributed by atoms with Crippen LogP contribution in [0.2, 0.25) is 0 Å². The smallest absolute Gasteiger partial charge is 0.408 e. The molecule has 1 aliphatic heterocycles. The van der Waals surface area contributed by atoms with Gasteiger partial charge in [-0.15, -0.1) is 6.58 Å². The fourth-order valence-electron chi connectivity index (χ4n) is 6.56. The first-order chi connectivity index (χ1) is 21.1. The standard InChI is InChI=1S/C31H40BrN3O9S/c1-6-19-15-31(19,28(38)42-5)34-26(36)24-14-22(44-45(40,41)23-9-7-20(32)8-10-23)16-35(24)27(37)25(30(2,3)4)33-29(39)43-21-12-17-11-18(17)13-21/h6-10,17-19,21-22,24-25H,1,11-16H2,2-5H3,(H,33,39)(H,34,36)/t17-,18+,19-,21+,22?,24+,25-,31-/m1/s1. The van der Waals surface area contributed by atoms with E-state index in [1.54, 1.807) is 39.0 Å². The number of amides is 3. The molecule has 3 amide bonds. The molecule has 0 bridgehead atoms. The summed E-state index contributed by atoms with van der Waals surface area (Å²) in [6.45, 7) is 8.77. The molecule has 4 fully saturated rings. The van der Waals surface area contributed by atoms with Gasteiger partial charge in [-0.3, -0.25) is 13.8 Å². The van der Waals surface area contributed by atoms with Gasteiger partial charge >= 0.3 is 12.1 Å². The van der Waals surface area contributed by atoms with E-state index in [1.807, 2.05) is 0 Å². The van der Waals surface area contributed by atoms with Crippen molar-refractivity contribution in [2.45, 2.75) is 87.6 Å². The van der Waals surface area contributed by atoms with Gasteiger partial charge in [-0.25, -0.2) is 9.59 Å². The highest BCUT2D eigenvalue weighted by Gasteiger charge is 2.62. The monoisotopic (exact) mass is 709 g/mol. The second kappa shape index (κ2) is 12.3. The third-order valence-corrected chi connectivity index (χ3v) is 11.2. The molecule has 1 unspecified atom stereocenters. The number of ether oxygens (including phenoxy) is 2. The van der Waals surface area contributed by atoms with Crippen LogP contribution in [0.15, 0.2) is 46.3 Å². The predicted octanol–water partition coefficient (Wildman–Crippen LogP) is 3.30. The topological polar surface area (TPSA) is 157 Å². The zero-order valence-corrected chi connectivity index (χ0v) is 28.2. The minimum absolute atomic E-state index is 0.0885. The van der Waals surface area contributed by atoms with E-state index < -0.39 is 63.1 Å². The molecule has 1 aromatic rings. The number of rotatable bonds is 10. The fourth-order valence-corrected chi connectivity index (χ4v) is 7.90. The van der Waals surface area contributed by atoms with E-state index in [0.717, 1.165) is 19.3 Å². The second-order valence-corrected chi connectivity index (χ2v) is 16.1. The van der Waals surface area contributed by atoms with Gasteiger partial charge in [0.1, 0.15) is 23.7 Å². The van der Waals surface area contributed by atoms with Crippen LogP contribution in [-0.2, 0) is 38.2 Å². The number of esters is 1. The highest BCUT2D eigenvalue weighted by Crippen LogP contribution is 2.52. The number of benzene rings is 1. The molecule has 1 aromatic carbocycles. The molecule has 14 heteroatoms. The van der Waals surface area contributed by atoms with E-state index in [0.29, 0.717) is 16.3 Å². The van der Waals surface area contributed by atoms with Gasteiger partial charge in [0.05, 0.1) is 18.1 Å². The summed E-state index contributed by atoms with van der Waals surface area (Å²) in [7, 11) is -3.05. The van der Waals surface area contributed by atoms with Gasteiger partial charge in [-0.05, 0) is 67.2 Å². The zero-order valence-electron chi connectivity index (χ0n) is 25.8. The maximum absolute atomic E-state index is 14.2. The SMILES string of the molecule is C=C[C@@H]1C[C@]1(NC(=O)[C@@H]1CC(OS(=O)(=O)c2ccc(Br)cc2)CN1C(=O)[C@@H](NC(=O)O[C@@H]1C[C@@H]2C[C@@H]2C1)C(C)(C)C)C(=O)OC. The van der Waals surface area contributed by atoms with Crippen LogP contribution < -0.4 is 10.6 Å². The Morgan fingerprint density at radius 1 is 1.07 bits per heavy atom. The number of likely N-dealkylation sites (tertiary alicyclic amines) is 1. The Labute approximate surface area is 271 Å². The van der Waals surface area contributed by atoms with Crippen LogP contribution in [0, 0.1) is 23.2 Å². The van der Waals surface area contributed by atoms with E-state index in [1.165, 1.54) is 24.1 Å². The van der Waals surface area contributed by atoms with Gasteiger partial charge in [0.25, 0.3) is 10.1 Å². The molecule has 4 aliphatic rings. The van der Waals surface area contributed by atoms with Gasteiger partial charge in [0.15, 0.2) is 0 Å². The number of carbonyl (C=O) groups excluding carboxylic acids is 4. The van der Waals surface area contributed by atoms with Gasteiger partial charge in [0, 0.05) is 23.4 Å². The fraction of sp³-hybridized carbons (Fsp3) is 0.613. The Balaban J connectivity index is 1.37. The molecule has 1 heterocycles. The average Bonchev–Trinajstić information content (AvgIpc) is 3.78. The summed E-state index contributed by atoms with van der Waals surface area (Å²) in [6.07, 6.45) is 2.40. The molecular weight excluding hydrogens is 670 g/mol. The minimum atomic E-state index is -4.26. The second-order valence-electron chi connectivity index (χ2n) is 13.6. The molecule has 0 radical (unpaired) electrons. The predicted molar refractivity (Wildman–Crippen MR) is 165 cm³/mol. The minimum Gasteiger partial charge on any atom is -0.467 e.